The van der Waals surface area contributed by atoms with Crippen LogP contribution in [0.3, 0.4) is 0 Å². The number of fused-ring (bicyclic) bond motifs is 1. The van der Waals surface area contributed by atoms with E-state index in [0.717, 1.165) is 5.39 Å². The normalized spacial score (nSPS) is 12.4. The number of hydrogen-bond acceptors (Lipinski definition) is 4. The summed E-state index contributed by atoms with van der Waals surface area (Å²) in [7, 11) is 0. The fourth-order valence-corrected chi connectivity index (χ4v) is 2.69. The second kappa shape index (κ2) is 6.67. The van der Waals surface area contributed by atoms with Gasteiger partial charge in [0.2, 0.25) is 5.76 Å². The van der Waals surface area contributed by atoms with Gasteiger partial charge >= 0.3 is 5.97 Å². The monoisotopic (exact) mass is 350 g/mol. The number of oxime groups is 1. The molecule has 0 aliphatic carbocycles. The van der Waals surface area contributed by atoms with Crippen LogP contribution in [0.2, 0.25) is 0 Å². The van der Waals surface area contributed by atoms with Crippen LogP contribution in [0.4, 0.5) is 0 Å². The van der Waals surface area contributed by atoms with Gasteiger partial charge in [-0.25, -0.2) is 4.79 Å². The predicted molar refractivity (Wildman–Crippen MR) is 102 cm³/mol. The zero-order valence-electron chi connectivity index (χ0n) is 15.4. The van der Waals surface area contributed by atoms with Gasteiger partial charge in [0, 0.05) is 16.5 Å². The molecule has 0 amide bonds. The van der Waals surface area contributed by atoms with Crippen molar-refractivity contribution in [3.8, 4) is 0 Å². The summed E-state index contributed by atoms with van der Waals surface area (Å²) < 4.78 is 5.57. The topological polar surface area (TPSA) is 77.8 Å². The molecule has 3 aromatic rings. The fourth-order valence-electron chi connectivity index (χ4n) is 2.69. The Morgan fingerprint density at radius 1 is 1.08 bits per heavy atom. The minimum atomic E-state index is -0.673. The molecule has 3 rings (SSSR count). The van der Waals surface area contributed by atoms with Gasteiger partial charge in [-0.05, 0) is 24.0 Å². The van der Waals surface area contributed by atoms with Crippen LogP contribution in [0, 0.1) is 6.92 Å². The summed E-state index contributed by atoms with van der Waals surface area (Å²) in [6, 6.07) is 15.1. The third-order valence-electron chi connectivity index (χ3n) is 4.30. The Morgan fingerprint density at radius 2 is 1.73 bits per heavy atom. The van der Waals surface area contributed by atoms with Crippen molar-refractivity contribution in [2.24, 2.45) is 10.9 Å². The maximum Gasteiger partial charge on any atom is 0.401 e. The van der Waals surface area contributed by atoms with E-state index >= 15 is 0 Å². The molecule has 0 aliphatic heterocycles. The van der Waals surface area contributed by atoms with E-state index in [2.05, 4.69) is 25.9 Å². The molecule has 2 aromatic carbocycles. The van der Waals surface area contributed by atoms with Crippen LogP contribution in [0.1, 0.15) is 48.0 Å². The molecule has 0 fully saturated rings. The van der Waals surface area contributed by atoms with E-state index in [4.69, 9.17) is 15.0 Å². The molecular weight excluding hydrogens is 328 g/mol. The molecule has 0 saturated heterocycles. The first kappa shape index (κ1) is 17.7. The molecule has 0 bridgehead atoms. The molecule has 134 valence electrons. The number of amidine groups is 1. The Bertz CT molecular complexity index is 977. The highest BCUT2D eigenvalue weighted by Crippen LogP contribution is 2.25. The quantitative estimate of drug-likeness (QED) is 0.326. The van der Waals surface area contributed by atoms with Gasteiger partial charge in [-0.15, -0.1) is 0 Å². The van der Waals surface area contributed by atoms with Gasteiger partial charge in [0.05, 0.1) is 0 Å². The van der Waals surface area contributed by atoms with Gasteiger partial charge in [-0.1, -0.05) is 68.4 Å². The van der Waals surface area contributed by atoms with E-state index in [1.165, 1.54) is 5.56 Å². The van der Waals surface area contributed by atoms with E-state index < -0.39 is 5.97 Å². The standard InChI is InChI=1S/C21H22N2O3/c1-13-16-7-5-6-8-17(16)25-18(13)20(24)26-23-19(22)14-9-11-15(12-10-14)21(2,3)4/h5-12H,1-4H3,(H2,22,23). The van der Waals surface area contributed by atoms with Crippen molar-refractivity contribution >= 4 is 22.8 Å². The van der Waals surface area contributed by atoms with E-state index in [1.54, 1.807) is 13.0 Å². The highest BCUT2D eigenvalue weighted by atomic mass is 16.7. The van der Waals surface area contributed by atoms with E-state index in [9.17, 15) is 4.79 Å². The molecule has 0 unspecified atom stereocenters. The average molecular weight is 350 g/mol. The third kappa shape index (κ3) is 3.47. The molecule has 26 heavy (non-hydrogen) atoms. The number of furan rings is 1. The molecule has 0 saturated carbocycles. The molecule has 5 heteroatoms. The lowest BCUT2D eigenvalue weighted by atomic mass is 9.87. The van der Waals surface area contributed by atoms with Crippen molar-refractivity contribution in [1.82, 2.24) is 0 Å². The SMILES string of the molecule is Cc1c(C(=O)O/N=C(/N)c2ccc(C(C)(C)C)cc2)oc2ccccc12. The number of aryl methyl sites for hydroxylation is 1. The molecule has 0 spiro atoms. The number of hydrogen-bond donors (Lipinski definition) is 1. The second-order valence-corrected chi connectivity index (χ2v) is 7.23. The smallest absolute Gasteiger partial charge is 0.401 e. The number of benzene rings is 2. The van der Waals surface area contributed by atoms with Crippen molar-refractivity contribution in [2.75, 3.05) is 0 Å². The average Bonchev–Trinajstić information content (AvgIpc) is 2.96. The minimum Gasteiger partial charge on any atom is -0.449 e. The Balaban J connectivity index is 1.77. The van der Waals surface area contributed by atoms with Crippen LogP contribution < -0.4 is 5.73 Å². The van der Waals surface area contributed by atoms with Crippen LogP contribution >= 0.6 is 0 Å². The first-order valence-corrected chi connectivity index (χ1v) is 8.41. The summed E-state index contributed by atoms with van der Waals surface area (Å²) in [5.74, 6) is -0.411. The van der Waals surface area contributed by atoms with Crippen molar-refractivity contribution < 1.29 is 14.0 Å². The maximum absolute atomic E-state index is 12.3. The van der Waals surface area contributed by atoms with E-state index in [0.29, 0.717) is 16.7 Å². The molecule has 1 heterocycles. The number of nitrogens with zero attached hydrogens (tertiary/aromatic N) is 1. The van der Waals surface area contributed by atoms with Crippen molar-refractivity contribution in [2.45, 2.75) is 33.1 Å². The predicted octanol–water partition coefficient (Wildman–Crippen LogP) is 4.52. The van der Waals surface area contributed by atoms with Gasteiger partial charge < -0.3 is 15.0 Å². The summed E-state index contributed by atoms with van der Waals surface area (Å²) >= 11 is 0. The summed E-state index contributed by atoms with van der Waals surface area (Å²) in [6.45, 7) is 8.21. The lowest BCUT2D eigenvalue weighted by molar-refractivity contribution is 0.0481. The van der Waals surface area contributed by atoms with Crippen LogP contribution in [0.15, 0.2) is 58.1 Å². The fraction of sp³-hybridized carbons (Fsp3) is 0.238. The Morgan fingerprint density at radius 3 is 2.35 bits per heavy atom. The molecular formula is C21H22N2O3. The van der Waals surface area contributed by atoms with E-state index in [-0.39, 0.29) is 17.0 Å². The number of para-hydroxylation sites is 1. The van der Waals surface area contributed by atoms with Gasteiger partial charge in [0.1, 0.15) is 5.58 Å². The number of rotatable bonds is 3. The molecule has 0 radical (unpaired) electrons. The maximum atomic E-state index is 12.3. The number of carbonyl (C=O) groups is 1. The van der Waals surface area contributed by atoms with Gasteiger partial charge in [-0.3, -0.25) is 0 Å². The first-order chi connectivity index (χ1) is 12.3. The molecule has 0 aliphatic rings. The zero-order chi connectivity index (χ0) is 18.9. The zero-order valence-corrected chi connectivity index (χ0v) is 15.4. The number of nitrogens with two attached hydrogens (primary N) is 1. The Labute approximate surface area is 152 Å². The van der Waals surface area contributed by atoms with Crippen molar-refractivity contribution in [1.29, 1.82) is 0 Å². The number of carbonyl (C=O) groups excluding carboxylic acids is 1. The summed E-state index contributed by atoms with van der Waals surface area (Å²) in [5.41, 5.74) is 9.21. The Kier molecular flexibility index (Phi) is 4.55. The second-order valence-electron chi connectivity index (χ2n) is 7.23. The molecule has 0 atom stereocenters. The van der Waals surface area contributed by atoms with Crippen molar-refractivity contribution in [3.05, 3.63) is 71.0 Å². The van der Waals surface area contributed by atoms with E-state index in [1.807, 2.05) is 42.5 Å². The lowest BCUT2D eigenvalue weighted by Gasteiger charge is -2.18. The summed E-state index contributed by atoms with van der Waals surface area (Å²) in [5, 5.41) is 4.63. The lowest BCUT2D eigenvalue weighted by Crippen LogP contribution is -2.16. The minimum absolute atomic E-state index is 0.0513. The van der Waals surface area contributed by atoms with Gasteiger partial charge in [0.15, 0.2) is 5.84 Å². The summed E-state index contributed by atoms with van der Waals surface area (Å²) in [6.07, 6.45) is 0. The van der Waals surface area contributed by atoms with Crippen LogP contribution in [0.5, 0.6) is 0 Å². The van der Waals surface area contributed by atoms with Crippen LogP contribution in [-0.4, -0.2) is 11.8 Å². The van der Waals surface area contributed by atoms with Crippen LogP contribution in [0.25, 0.3) is 11.0 Å². The van der Waals surface area contributed by atoms with Gasteiger partial charge in [0.25, 0.3) is 0 Å². The van der Waals surface area contributed by atoms with Crippen LogP contribution in [-0.2, 0) is 10.3 Å². The van der Waals surface area contributed by atoms with Crippen molar-refractivity contribution in [3.63, 3.8) is 0 Å². The molecule has 5 nitrogen and oxygen atoms in total. The van der Waals surface area contributed by atoms with Gasteiger partial charge in [-0.2, -0.15) is 0 Å². The molecule has 2 N–H and O–H groups in total. The highest BCUT2D eigenvalue weighted by molar-refractivity contribution is 5.99. The third-order valence-corrected chi connectivity index (χ3v) is 4.30. The molecule has 1 aromatic heterocycles. The Hall–Kier alpha value is -3.08. The largest absolute Gasteiger partial charge is 0.449 e. The highest BCUT2D eigenvalue weighted by Gasteiger charge is 2.19. The summed E-state index contributed by atoms with van der Waals surface area (Å²) in [4.78, 5) is 17.3. The first-order valence-electron chi connectivity index (χ1n) is 8.41.